The van der Waals surface area contributed by atoms with E-state index in [4.69, 9.17) is 17.3 Å². The van der Waals surface area contributed by atoms with Gasteiger partial charge in [-0.1, -0.05) is 11.6 Å². The van der Waals surface area contributed by atoms with Gasteiger partial charge in [0.25, 0.3) is 5.69 Å². The van der Waals surface area contributed by atoms with Gasteiger partial charge < -0.3 is 11.1 Å². The fraction of sp³-hybridized carbons (Fsp3) is 0.500. The average molecular weight is 270 g/mol. The van der Waals surface area contributed by atoms with Gasteiger partial charge in [0.05, 0.1) is 4.92 Å². The van der Waals surface area contributed by atoms with E-state index in [2.05, 4.69) is 5.32 Å². The molecule has 1 aromatic carbocycles. The van der Waals surface area contributed by atoms with E-state index in [1.165, 1.54) is 6.07 Å². The minimum Gasteiger partial charge on any atom is -0.377 e. The Balaban J connectivity index is 2.11. The second-order valence-corrected chi connectivity index (χ2v) is 5.11. The predicted octanol–water partition coefficient (Wildman–Crippen LogP) is 2.93. The molecule has 0 aromatic heterocycles. The lowest BCUT2D eigenvalue weighted by atomic mass is 9.91. The lowest BCUT2D eigenvalue weighted by Gasteiger charge is -2.27. The molecule has 6 heteroatoms. The molecule has 1 aromatic rings. The highest BCUT2D eigenvalue weighted by molar-refractivity contribution is 6.30. The molecule has 0 atom stereocenters. The number of nitro benzene ring substituents is 1. The van der Waals surface area contributed by atoms with Crippen molar-refractivity contribution in [3.05, 3.63) is 33.3 Å². The van der Waals surface area contributed by atoms with Crippen molar-refractivity contribution in [1.82, 2.24) is 0 Å². The van der Waals surface area contributed by atoms with E-state index in [9.17, 15) is 10.1 Å². The normalized spacial score (nSPS) is 23.7. The Morgan fingerprint density at radius 3 is 2.61 bits per heavy atom. The number of rotatable bonds is 3. The van der Waals surface area contributed by atoms with Crippen molar-refractivity contribution >= 4 is 23.0 Å². The molecule has 0 amide bonds. The Kier molecular flexibility index (Phi) is 4.04. The van der Waals surface area contributed by atoms with Crippen LogP contribution < -0.4 is 11.1 Å². The van der Waals surface area contributed by atoms with Gasteiger partial charge in [0.2, 0.25) is 0 Å². The van der Waals surface area contributed by atoms with Gasteiger partial charge in [-0.05, 0) is 37.8 Å². The van der Waals surface area contributed by atoms with Crippen LogP contribution in [-0.2, 0) is 0 Å². The Bertz CT molecular complexity index is 445. The first-order valence-corrected chi connectivity index (χ1v) is 6.40. The van der Waals surface area contributed by atoms with Crippen molar-refractivity contribution in [3.63, 3.8) is 0 Å². The molecule has 3 N–H and O–H groups in total. The van der Waals surface area contributed by atoms with Crippen molar-refractivity contribution in [1.29, 1.82) is 0 Å². The zero-order valence-corrected chi connectivity index (χ0v) is 10.7. The SMILES string of the molecule is NC1CCC(Nc2ccc(Cl)cc2[N+](=O)[O-])CC1. The molecule has 0 bridgehead atoms. The lowest BCUT2D eigenvalue weighted by molar-refractivity contribution is -0.384. The molecule has 0 heterocycles. The number of anilines is 1. The number of hydrogen-bond donors (Lipinski definition) is 2. The Morgan fingerprint density at radius 1 is 1.33 bits per heavy atom. The van der Waals surface area contributed by atoms with Crippen LogP contribution in [0, 0.1) is 10.1 Å². The molecule has 0 saturated heterocycles. The van der Waals surface area contributed by atoms with Crippen LogP contribution in [0.4, 0.5) is 11.4 Å². The summed E-state index contributed by atoms with van der Waals surface area (Å²) in [6.07, 6.45) is 3.81. The van der Waals surface area contributed by atoms with Crippen LogP contribution in [0.2, 0.25) is 5.02 Å². The van der Waals surface area contributed by atoms with E-state index in [1.807, 2.05) is 0 Å². The second kappa shape index (κ2) is 5.54. The number of hydrogen-bond acceptors (Lipinski definition) is 4. The van der Waals surface area contributed by atoms with Crippen molar-refractivity contribution < 1.29 is 4.92 Å². The first-order chi connectivity index (χ1) is 8.56. The van der Waals surface area contributed by atoms with Crippen LogP contribution in [0.15, 0.2) is 18.2 Å². The van der Waals surface area contributed by atoms with Crippen molar-refractivity contribution in [2.75, 3.05) is 5.32 Å². The van der Waals surface area contributed by atoms with Gasteiger partial charge in [-0.15, -0.1) is 0 Å². The van der Waals surface area contributed by atoms with Crippen LogP contribution in [0.1, 0.15) is 25.7 Å². The highest BCUT2D eigenvalue weighted by Gasteiger charge is 2.21. The van der Waals surface area contributed by atoms with Gasteiger partial charge in [-0.3, -0.25) is 10.1 Å². The van der Waals surface area contributed by atoms with Crippen molar-refractivity contribution in [2.24, 2.45) is 5.73 Å². The van der Waals surface area contributed by atoms with Crippen molar-refractivity contribution in [3.8, 4) is 0 Å². The summed E-state index contributed by atoms with van der Waals surface area (Å²) in [6, 6.07) is 5.21. The minimum atomic E-state index is -0.414. The summed E-state index contributed by atoms with van der Waals surface area (Å²) in [5.74, 6) is 0. The third-order valence-electron chi connectivity index (χ3n) is 3.29. The Hall–Kier alpha value is -1.33. The summed E-state index contributed by atoms with van der Waals surface area (Å²) in [5, 5.41) is 14.6. The molecule has 2 rings (SSSR count). The maximum absolute atomic E-state index is 11.0. The van der Waals surface area contributed by atoms with E-state index in [0.717, 1.165) is 25.7 Å². The van der Waals surface area contributed by atoms with E-state index in [1.54, 1.807) is 12.1 Å². The number of benzene rings is 1. The van der Waals surface area contributed by atoms with E-state index < -0.39 is 4.92 Å². The summed E-state index contributed by atoms with van der Waals surface area (Å²) in [6.45, 7) is 0. The van der Waals surface area contributed by atoms with Gasteiger partial charge in [-0.25, -0.2) is 0 Å². The Morgan fingerprint density at radius 2 is 2.00 bits per heavy atom. The molecule has 0 unspecified atom stereocenters. The topological polar surface area (TPSA) is 81.2 Å². The number of nitrogens with one attached hydrogen (secondary N) is 1. The molecule has 1 fully saturated rings. The van der Waals surface area contributed by atoms with Gasteiger partial charge in [0.1, 0.15) is 5.69 Å². The van der Waals surface area contributed by atoms with Gasteiger partial charge in [0, 0.05) is 23.2 Å². The standard InChI is InChI=1S/C12H16ClN3O2/c13-8-1-6-11(12(7-8)16(17)18)15-10-4-2-9(14)3-5-10/h1,6-7,9-10,15H,2-5,14H2. The molecule has 0 radical (unpaired) electrons. The molecular formula is C12H16ClN3O2. The molecule has 98 valence electrons. The first-order valence-electron chi connectivity index (χ1n) is 6.02. The molecule has 18 heavy (non-hydrogen) atoms. The third-order valence-corrected chi connectivity index (χ3v) is 3.52. The molecule has 1 saturated carbocycles. The fourth-order valence-electron chi connectivity index (χ4n) is 2.26. The number of halogens is 1. The van der Waals surface area contributed by atoms with E-state index >= 15 is 0 Å². The van der Waals surface area contributed by atoms with E-state index in [0.29, 0.717) is 10.7 Å². The van der Waals surface area contributed by atoms with Gasteiger partial charge in [-0.2, -0.15) is 0 Å². The molecule has 5 nitrogen and oxygen atoms in total. The second-order valence-electron chi connectivity index (χ2n) is 4.67. The summed E-state index contributed by atoms with van der Waals surface area (Å²) in [7, 11) is 0. The Labute approximate surface area is 110 Å². The smallest absolute Gasteiger partial charge is 0.293 e. The number of nitro groups is 1. The zero-order valence-electron chi connectivity index (χ0n) is 9.93. The van der Waals surface area contributed by atoms with E-state index in [-0.39, 0.29) is 17.8 Å². The van der Waals surface area contributed by atoms with Gasteiger partial charge in [0.15, 0.2) is 0 Å². The zero-order chi connectivity index (χ0) is 13.1. The number of nitrogens with two attached hydrogens (primary N) is 1. The van der Waals surface area contributed by atoms with Crippen LogP contribution in [0.3, 0.4) is 0 Å². The summed E-state index contributed by atoms with van der Waals surface area (Å²) in [4.78, 5) is 10.5. The summed E-state index contributed by atoms with van der Waals surface area (Å²) >= 11 is 5.77. The molecule has 0 spiro atoms. The van der Waals surface area contributed by atoms with Crippen LogP contribution in [0.25, 0.3) is 0 Å². The molecule has 0 aliphatic heterocycles. The lowest BCUT2D eigenvalue weighted by Crippen LogP contribution is -2.32. The van der Waals surface area contributed by atoms with Crippen molar-refractivity contribution in [2.45, 2.75) is 37.8 Å². The third kappa shape index (κ3) is 3.11. The monoisotopic (exact) mass is 269 g/mol. The largest absolute Gasteiger partial charge is 0.377 e. The summed E-state index contributed by atoms with van der Waals surface area (Å²) < 4.78 is 0. The maximum atomic E-state index is 11.0. The predicted molar refractivity (Wildman–Crippen MR) is 72.0 cm³/mol. The van der Waals surface area contributed by atoms with Crippen LogP contribution in [0.5, 0.6) is 0 Å². The average Bonchev–Trinajstić information content (AvgIpc) is 2.34. The van der Waals surface area contributed by atoms with Crippen LogP contribution >= 0.6 is 11.6 Å². The molecular weight excluding hydrogens is 254 g/mol. The molecule has 1 aliphatic carbocycles. The fourth-order valence-corrected chi connectivity index (χ4v) is 2.43. The minimum absolute atomic E-state index is 0.0253. The van der Waals surface area contributed by atoms with Crippen LogP contribution in [-0.4, -0.2) is 17.0 Å². The first kappa shape index (κ1) is 13.1. The number of nitrogens with zero attached hydrogens (tertiary/aromatic N) is 1. The molecule has 1 aliphatic rings. The quantitative estimate of drug-likeness (QED) is 0.653. The highest BCUT2D eigenvalue weighted by Crippen LogP contribution is 2.30. The highest BCUT2D eigenvalue weighted by atomic mass is 35.5. The maximum Gasteiger partial charge on any atom is 0.293 e. The van der Waals surface area contributed by atoms with Gasteiger partial charge >= 0.3 is 0 Å². The summed E-state index contributed by atoms with van der Waals surface area (Å²) in [5.41, 5.74) is 6.39.